The number of H-pyrrole nitrogens is 1. The molecule has 21 heavy (non-hydrogen) atoms. The van der Waals surface area contributed by atoms with Crippen molar-refractivity contribution in [3.05, 3.63) is 35.4 Å². The van der Waals surface area contributed by atoms with Gasteiger partial charge in [0.1, 0.15) is 17.0 Å². The highest BCUT2D eigenvalue weighted by molar-refractivity contribution is 5.93. The highest BCUT2D eigenvalue weighted by Crippen LogP contribution is 2.30. The Bertz CT molecular complexity index is 648. The van der Waals surface area contributed by atoms with Crippen molar-refractivity contribution >= 4 is 5.91 Å². The molecular weight excluding hydrogens is 270 g/mol. The molecule has 1 saturated heterocycles. The monoisotopic (exact) mass is 289 g/mol. The summed E-state index contributed by atoms with van der Waals surface area (Å²) in [6.07, 6.45) is 2.83. The van der Waals surface area contributed by atoms with Crippen molar-refractivity contribution in [3.63, 3.8) is 0 Å². The third kappa shape index (κ3) is 2.33. The molecule has 1 atom stereocenters. The molecule has 7 nitrogen and oxygen atoms in total. The lowest BCUT2D eigenvalue weighted by atomic mass is 9.90. The van der Waals surface area contributed by atoms with E-state index in [1.165, 1.54) is 6.20 Å². The van der Waals surface area contributed by atoms with Gasteiger partial charge in [-0.1, -0.05) is 0 Å². The predicted molar refractivity (Wildman–Crippen MR) is 75.6 cm³/mol. The van der Waals surface area contributed by atoms with Crippen LogP contribution in [0.25, 0.3) is 0 Å². The minimum Gasteiger partial charge on any atom is -0.382 e. The number of amides is 1. The summed E-state index contributed by atoms with van der Waals surface area (Å²) in [5.41, 5.74) is 1.03. The number of piperidine rings is 1. The maximum atomic E-state index is 12.6. The molecule has 0 radical (unpaired) electrons. The lowest BCUT2D eigenvalue weighted by Gasteiger charge is -2.38. The first-order chi connectivity index (χ1) is 10.0. The van der Waals surface area contributed by atoms with Crippen LogP contribution in [0.1, 0.15) is 34.7 Å². The van der Waals surface area contributed by atoms with Gasteiger partial charge in [0.2, 0.25) is 0 Å². The first-order valence-electron chi connectivity index (χ1n) is 7.01. The molecule has 0 saturated carbocycles. The Morgan fingerprint density at radius 1 is 1.48 bits per heavy atom. The third-order valence-corrected chi connectivity index (χ3v) is 4.24. The third-order valence-electron chi connectivity index (χ3n) is 4.24. The lowest BCUT2D eigenvalue weighted by Crippen LogP contribution is -2.49. The summed E-state index contributed by atoms with van der Waals surface area (Å²) in [6.45, 7) is 2.84. The van der Waals surface area contributed by atoms with Gasteiger partial charge in [0.15, 0.2) is 0 Å². The maximum absolute atomic E-state index is 12.6. The van der Waals surface area contributed by atoms with Crippen LogP contribution in [-0.4, -0.2) is 49.0 Å². The zero-order valence-corrected chi connectivity index (χ0v) is 12.2. The molecule has 2 aromatic heterocycles. The standard InChI is InChI=1S/C14H19N5O2/c1-10-4-5-11(18(10)2)13(20)19-7-3-6-14(21,9-19)12-8-15-17-16-12/h4-5,8,21H,3,6-7,9H2,1-2H3,(H,15,16,17)/t14-/m0/s1. The van der Waals surface area contributed by atoms with Crippen LogP contribution in [0.3, 0.4) is 0 Å². The van der Waals surface area contributed by atoms with E-state index in [0.29, 0.717) is 24.4 Å². The second kappa shape index (κ2) is 5.00. The number of β-amino-alcohol motifs (C(OH)–C–C–N with tert-alkyl or cyclic N) is 1. The van der Waals surface area contributed by atoms with E-state index in [9.17, 15) is 9.90 Å². The fourth-order valence-corrected chi connectivity index (χ4v) is 2.83. The van der Waals surface area contributed by atoms with Crippen LogP contribution in [0.4, 0.5) is 0 Å². The van der Waals surface area contributed by atoms with Crippen molar-refractivity contribution < 1.29 is 9.90 Å². The zero-order chi connectivity index (χ0) is 15.0. The number of aliphatic hydroxyl groups is 1. The van der Waals surface area contributed by atoms with E-state index in [0.717, 1.165) is 12.1 Å². The number of carbonyl (C=O) groups is 1. The number of aryl methyl sites for hydroxylation is 1. The van der Waals surface area contributed by atoms with Crippen molar-refractivity contribution in [2.24, 2.45) is 7.05 Å². The largest absolute Gasteiger partial charge is 0.382 e. The quantitative estimate of drug-likeness (QED) is 0.846. The van der Waals surface area contributed by atoms with Gasteiger partial charge in [-0.3, -0.25) is 4.79 Å². The number of likely N-dealkylation sites (tertiary alicyclic amines) is 1. The van der Waals surface area contributed by atoms with E-state index in [1.807, 2.05) is 30.7 Å². The summed E-state index contributed by atoms with van der Waals surface area (Å²) in [7, 11) is 1.87. The molecule has 1 fully saturated rings. The van der Waals surface area contributed by atoms with Crippen LogP contribution < -0.4 is 0 Å². The molecule has 2 N–H and O–H groups in total. The van der Waals surface area contributed by atoms with Crippen molar-refractivity contribution in [3.8, 4) is 0 Å². The molecule has 7 heteroatoms. The smallest absolute Gasteiger partial charge is 0.270 e. The van der Waals surface area contributed by atoms with E-state index in [1.54, 1.807) is 4.90 Å². The van der Waals surface area contributed by atoms with Crippen molar-refractivity contribution in [1.82, 2.24) is 24.9 Å². The van der Waals surface area contributed by atoms with Gasteiger partial charge in [-0.2, -0.15) is 15.4 Å². The molecule has 1 amide bonds. The second-order valence-corrected chi connectivity index (χ2v) is 5.64. The average molecular weight is 289 g/mol. The second-order valence-electron chi connectivity index (χ2n) is 5.64. The van der Waals surface area contributed by atoms with E-state index in [2.05, 4.69) is 15.4 Å². The van der Waals surface area contributed by atoms with E-state index < -0.39 is 5.60 Å². The molecule has 3 heterocycles. The van der Waals surface area contributed by atoms with Crippen LogP contribution in [0.15, 0.2) is 18.3 Å². The number of hydrogen-bond acceptors (Lipinski definition) is 4. The molecule has 2 aromatic rings. The van der Waals surface area contributed by atoms with Crippen molar-refractivity contribution in [1.29, 1.82) is 0 Å². The summed E-state index contributed by atoms with van der Waals surface area (Å²) in [6, 6.07) is 3.74. The molecule has 0 aliphatic carbocycles. The number of aromatic nitrogens is 4. The molecule has 3 rings (SSSR count). The highest BCUT2D eigenvalue weighted by Gasteiger charge is 2.39. The molecular formula is C14H19N5O2. The number of rotatable bonds is 2. The van der Waals surface area contributed by atoms with E-state index in [4.69, 9.17) is 0 Å². The van der Waals surface area contributed by atoms with Crippen LogP contribution in [0, 0.1) is 6.92 Å². The fourth-order valence-electron chi connectivity index (χ4n) is 2.83. The normalized spacial score (nSPS) is 22.5. The van der Waals surface area contributed by atoms with Crippen LogP contribution >= 0.6 is 0 Å². The summed E-state index contributed by atoms with van der Waals surface area (Å²) < 4.78 is 1.87. The summed E-state index contributed by atoms with van der Waals surface area (Å²) in [5, 5.41) is 21.0. The predicted octanol–water partition coefficient (Wildman–Crippen LogP) is 0.575. The minimum atomic E-state index is -1.12. The maximum Gasteiger partial charge on any atom is 0.270 e. The molecule has 1 aliphatic heterocycles. The fraction of sp³-hybridized carbons (Fsp3) is 0.500. The molecule has 0 bridgehead atoms. The number of carbonyl (C=O) groups excluding carboxylic acids is 1. The topological polar surface area (TPSA) is 87.0 Å². The van der Waals surface area contributed by atoms with Crippen LogP contribution in [0.5, 0.6) is 0 Å². The first kappa shape index (κ1) is 13.8. The molecule has 0 unspecified atom stereocenters. The lowest BCUT2D eigenvalue weighted by molar-refractivity contribution is -0.0322. The Morgan fingerprint density at radius 3 is 2.90 bits per heavy atom. The number of nitrogens with zero attached hydrogens (tertiary/aromatic N) is 4. The Morgan fingerprint density at radius 2 is 2.29 bits per heavy atom. The summed E-state index contributed by atoms with van der Waals surface area (Å²) in [5.74, 6) is -0.0628. The van der Waals surface area contributed by atoms with Crippen LogP contribution in [0.2, 0.25) is 0 Å². The highest BCUT2D eigenvalue weighted by atomic mass is 16.3. The van der Waals surface area contributed by atoms with Gasteiger partial charge >= 0.3 is 0 Å². The van der Waals surface area contributed by atoms with E-state index in [-0.39, 0.29) is 12.5 Å². The van der Waals surface area contributed by atoms with Gasteiger partial charge in [0.05, 0.1) is 12.7 Å². The number of nitrogens with one attached hydrogen (secondary N) is 1. The molecule has 1 aliphatic rings. The molecule has 0 aromatic carbocycles. The van der Waals surface area contributed by atoms with Crippen molar-refractivity contribution in [2.45, 2.75) is 25.4 Å². The Kier molecular flexibility index (Phi) is 3.29. The zero-order valence-electron chi connectivity index (χ0n) is 12.2. The molecule has 0 spiro atoms. The number of aromatic amines is 1. The number of hydrogen-bond donors (Lipinski definition) is 2. The van der Waals surface area contributed by atoms with Gasteiger partial charge < -0.3 is 14.6 Å². The Balaban J connectivity index is 1.83. The summed E-state index contributed by atoms with van der Waals surface area (Å²) >= 11 is 0. The van der Waals surface area contributed by atoms with Gasteiger partial charge in [0, 0.05) is 19.3 Å². The van der Waals surface area contributed by atoms with Gasteiger partial charge in [-0.15, -0.1) is 0 Å². The minimum absolute atomic E-state index is 0.0628. The Labute approximate surface area is 122 Å². The van der Waals surface area contributed by atoms with Gasteiger partial charge in [-0.05, 0) is 31.9 Å². The SMILES string of the molecule is Cc1ccc(C(=O)N2CCC[C@@](O)(c3cn[nH]n3)C2)n1C. The average Bonchev–Trinajstić information content (AvgIpc) is 3.11. The van der Waals surface area contributed by atoms with Crippen molar-refractivity contribution in [2.75, 3.05) is 13.1 Å². The first-order valence-corrected chi connectivity index (χ1v) is 7.01. The summed E-state index contributed by atoms with van der Waals surface area (Å²) in [4.78, 5) is 14.3. The van der Waals surface area contributed by atoms with Gasteiger partial charge in [0.25, 0.3) is 5.91 Å². The van der Waals surface area contributed by atoms with Gasteiger partial charge in [-0.25, -0.2) is 0 Å². The van der Waals surface area contributed by atoms with Crippen LogP contribution in [-0.2, 0) is 12.6 Å². The Hall–Kier alpha value is -2.15. The molecule has 112 valence electrons. The van der Waals surface area contributed by atoms with E-state index >= 15 is 0 Å².